The predicted octanol–water partition coefficient (Wildman–Crippen LogP) is 2.77. The van der Waals surface area contributed by atoms with E-state index in [1.165, 1.54) is 25.9 Å². The maximum absolute atomic E-state index is 4.68. The second kappa shape index (κ2) is 6.09. The third-order valence-electron chi connectivity index (χ3n) is 3.91. The molecule has 2 aromatic heterocycles. The molecule has 2 aromatic rings. The molecule has 0 saturated carbocycles. The van der Waals surface area contributed by atoms with Crippen LogP contribution in [0.2, 0.25) is 0 Å². The minimum Gasteiger partial charge on any atom is -0.297 e. The highest BCUT2D eigenvalue weighted by Gasteiger charge is 2.16. The maximum Gasteiger partial charge on any atom is 0.159 e. The molecule has 4 heteroatoms. The SMILES string of the molecule is CC1CCN(Cc2ccnc(-c3ccncc3)n2)CC1. The third kappa shape index (κ3) is 3.20. The molecule has 0 N–H and O–H groups in total. The van der Waals surface area contributed by atoms with Crippen molar-refractivity contribution >= 4 is 0 Å². The number of piperidine rings is 1. The minimum atomic E-state index is 0.787. The van der Waals surface area contributed by atoms with Crippen molar-refractivity contribution in [3.05, 3.63) is 42.5 Å². The lowest BCUT2D eigenvalue weighted by Gasteiger charge is -2.29. The Balaban J connectivity index is 1.72. The Bertz CT molecular complexity index is 547. The summed E-state index contributed by atoms with van der Waals surface area (Å²) in [6.07, 6.45) is 7.99. The smallest absolute Gasteiger partial charge is 0.159 e. The lowest BCUT2D eigenvalue weighted by Crippen LogP contribution is -2.32. The van der Waals surface area contributed by atoms with Crippen LogP contribution in [0.15, 0.2) is 36.8 Å². The number of nitrogens with zero attached hydrogens (tertiary/aromatic N) is 4. The van der Waals surface area contributed by atoms with E-state index in [0.717, 1.165) is 29.5 Å². The Labute approximate surface area is 119 Å². The van der Waals surface area contributed by atoms with Gasteiger partial charge in [0.1, 0.15) is 0 Å². The predicted molar refractivity (Wildman–Crippen MR) is 78.9 cm³/mol. The fraction of sp³-hybridized carbons (Fsp3) is 0.438. The zero-order valence-corrected chi connectivity index (χ0v) is 11.9. The zero-order chi connectivity index (χ0) is 13.8. The van der Waals surface area contributed by atoms with Gasteiger partial charge in [0.05, 0.1) is 5.69 Å². The number of pyridine rings is 1. The quantitative estimate of drug-likeness (QED) is 0.858. The van der Waals surface area contributed by atoms with E-state index in [-0.39, 0.29) is 0 Å². The largest absolute Gasteiger partial charge is 0.297 e. The molecule has 0 aromatic carbocycles. The molecule has 0 bridgehead atoms. The second-order valence-electron chi connectivity index (χ2n) is 5.57. The monoisotopic (exact) mass is 268 g/mol. The molecule has 0 atom stereocenters. The van der Waals surface area contributed by atoms with Crippen molar-refractivity contribution in [1.29, 1.82) is 0 Å². The minimum absolute atomic E-state index is 0.787. The molecule has 0 spiro atoms. The van der Waals surface area contributed by atoms with Crippen LogP contribution in [-0.2, 0) is 6.54 Å². The highest BCUT2D eigenvalue weighted by molar-refractivity contribution is 5.53. The highest BCUT2D eigenvalue weighted by atomic mass is 15.1. The van der Waals surface area contributed by atoms with Gasteiger partial charge in [-0.25, -0.2) is 9.97 Å². The van der Waals surface area contributed by atoms with E-state index in [2.05, 4.69) is 26.8 Å². The average Bonchev–Trinajstić information content (AvgIpc) is 2.51. The van der Waals surface area contributed by atoms with Crippen LogP contribution in [0.5, 0.6) is 0 Å². The Hall–Kier alpha value is -1.81. The summed E-state index contributed by atoms with van der Waals surface area (Å²) < 4.78 is 0. The van der Waals surface area contributed by atoms with E-state index in [9.17, 15) is 0 Å². The molecule has 0 aliphatic carbocycles. The molecule has 0 amide bonds. The van der Waals surface area contributed by atoms with Gasteiger partial charge in [0.15, 0.2) is 5.82 Å². The van der Waals surface area contributed by atoms with Crippen molar-refractivity contribution < 1.29 is 0 Å². The van der Waals surface area contributed by atoms with Crippen molar-refractivity contribution in [1.82, 2.24) is 19.9 Å². The van der Waals surface area contributed by atoms with Gasteiger partial charge in [0.2, 0.25) is 0 Å². The van der Waals surface area contributed by atoms with E-state index >= 15 is 0 Å². The van der Waals surface area contributed by atoms with E-state index in [1.807, 2.05) is 24.4 Å². The number of aromatic nitrogens is 3. The van der Waals surface area contributed by atoms with Crippen LogP contribution >= 0.6 is 0 Å². The van der Waals surface area contributed by atoms with Crippen LogP contribution in [0.1, 0.15) is 25.5 Å². The molecule has 3 heterocycles. The van der Waals surface area contributed by atoms with Gasteiger partial charge in [-0.3, -0.25) is 9.88 Å². The maximum atomic E-state index is 4.68. The van der Waals surface area contributed by atoms with Gasteiger partial charge < -0.3 is 0 Å². The molecule has 1 saturated heterocycles. The summed E-state index contributed by atoms with van der Waals surface area (Å²) in [7, 11) is 0. The van der Waals surface area contributed by atoms with Gasteiger partial charge in [-0.2, -0.15) is 0 Å². The van der Waals surface area contributed by atoms with Gasteiger partial charge >= 0.3 is 0 Å². The molecule has 20 heavy (non-hydrogen) atoms. The van der Waals surface area contributed by atoms with E-state index in [1.54, 1.807) is 12.4 Å². The Kier molecular flexibility index (Phi) is 4.02. The van der Waals surface area contributed by atoms with E-state index in [0.29, 0.717) is 0 Å². The van der Waals surface area contributed by atoms with Crippen molar-refractivity contribution in [2.24, 2.45) is 5.92 Å². The highest BCUT2D eigenvalue weighted by Crippen LogP contribution is 2.18. The third-order valence-corrected chi connectivity index (χ3v) is 3.91. The van der Waals surface area contributed by atoms with Gasteiger partial charge in [0.25, 0.3) is 0 Å². The topological polar surface area (TPSA) is 41.9 Å². The first-order valence-corrected chi connectivity index (χ1v) is 7.26. The van der Waals surface area contributed by atoms with Gasteiger partial charge in [0, 0.05) is 30.7 Å². The van der Waals surface area contributed by atoms with Crippen LogP contribution in [0.4, 0.5) is 0 Å². The normalized spacial score (nSPS) is 17.2. The summed E-state index contributed by atoms with van der Waals surface area (Å²) in [4.78, 5) is 15.5. The Morgan fingerprint density at radius 1 is 1.10 bits per heavy atom. The fourth-order valence-electron chi connectivity index (χ4n) is 2.57. The van der Waals surface area contributed by atoms with Crippen molar-refractivity contribution in [3.8, 4) is 11.4 Å². The zero-order valence-electron chi connectivity index (χ0n) is 11.9. The van der Waals surface area contributed by atoms with Gasteiger partial charge in [-0.1, -0.05) is 6.92 Å². The molecule has 0 unspecified atom stereocenters. The summed E-state index contributed by atoms with van der Waals surface area (Å²) in [6.45, 7) is 5.61. The van der Waals surface area contributed by atoms with Crippen molar-refractivity contribution in [2.75, 3.05) is 13.1 Å². The molecular formula is C16H20N4. The summed E-state index contributed by atoms with van der Waals surface area (Å²) in [6, 6.07) is 5.91. The molecule has 1 aliphatic rings. The van der Waals surface area contributed by atoms with Crippen LogP contribution < -0.4 is 0 Å². The van der Waals surface area contributed by atoms with Gasteiger partial charge in [-0.05, 0) is 50.0 Å². The van der Waals surface area contributed by atoms with Crippen molar-refractivity contribution in [2.45, 2.75) is 26.3 Å². The van der Waals surface area contributed by atoms with Gasteiger partial charge in [-0.15, -0.1) is 0 Å². The summed E-state index contributed by atoms with van der Waals surface area (Å²) in [5, 5.41) is 0. The Morgan fingerprint density at radius 2 is 1.85 bits per heavy atom. The average molecular weight is 268 g/mol. The molecule has 0 radical (unpaired) electrons. The van der Waals surface area contributed by atoms with Crippen molar-refractivity contribution in [3.63, 3.8) is 0 Å². The summed E-state index contributed by atoms with van der Waals surface area (Å²) in [5.74, 6) is 1.65. The molecule has 104 valence electrons. The first kappa shape index (κ1) is 13.2. The number of hydrogen-bond acceptors (Lipinski definition) is 4. The molecule has 3 rings (SSSR count). The number of likely N-dealkylation sites (tertiary alicyclic amines) is 1. The first-order chi connectivity index (χ1) is 9.81. The lowest BCUT2D eigenvalue weighted by molar-refractivity contribution is 0.183. The van der Waals surface area contributed by atoms with Crippen LogP contribution in [0, 0.1) is 5.92 Å². The summed E-state index contributed by atoms with van der Waals surface area (Å²) >= 11 is 0. The molecule has 1 aliphatic heterocycles. The molecular weight excluding hydrogens is 248 g/mol. The lowest BCUT2D eigenvalue weighted by atomic mass is 9.99. The molecule has 1 fully saturated rings. The standard InChI is InChI=1S/C16H20N4/c1-13-5-10-20(11-6-13)12-15-4-9-18-16(19-15)14-2-7-17-8-3-14/h2-4,7-9,13H,5-6,10-12H2,1H3. The van der Waals surface area contributed by atoms with Crippen LogP contribution in [-0.4, -0.2) is 32.9 Å². The molecule has 4 nitrogen and oxygen atoms in total. The second-order valence-corrected chi connectivity index (χ2v) is 5.57. The fourth-order valence-corrected chi connectivity index (χ4v) is 2.57. The first-order valence-electron chi connectivity index (χ1n) is 7.26. The Morgan fingerprint density at radius 3 is 2.60 bits per heavy atom. The number of rotatable bonds is 3. The number of hydrogen-bond donors (Lipinski definition) is 0. The van der Waals surface area contributed by atoms with Crippen LogP contribution in [0.3, 0.4) is 0 Å². The van der Waals surface area contributed by atoms with Crippen LogP contribution in [0.25, 0.3) is 11.4 Å². The summed E-state index contributed by atoms with van der Waals surface area (Å²) in [5.41, 5.74) is 2.12. The van der Waals surface area contributed by atoms with E-state index < -0.39 is 0 Å². The van der Waals surface area contributed by atoms with E-state index in [4.69, 9.17) is 0 Å².